The maximum Gasteiger partial charge on any atom is 0.273 e. The fraction of sp³-hybridized carbons (Fsp3) is 0.250. The van der Waals surface area contributed by atoms with E-state index in [-0.39, 0.29) is 35.1 Å². The Hall–Kier alpha value is -3.21. The van der Waals surface area contributed by atoms with Crippen molar-refractivity contribution >= 4 is 38.9 Å². The van der Waals surface area contributed by atoms with E-state index in [4.69, 9.17) is 0 Å². The van der Waals surface area contributed by atoms with Gasteiger partial charge in [0.1, 0.15) is 9.84 Å². The molecule has 10 nitrogen and oxygen atoms in total. The van der Waals surface area contributed by atoms with Gasteiger partial charge >= 0.3 is 0 Å². The first kappa shape index (κ1) is 20.1. The Morgan fingerprint density at radius 3 is 2.56 bits per heavy atom. The lowest BCUT2D eigenvalue weighted by atomic mass is 10.2. The summed E-state index contributed by atoms with van der Waals surface area (Å²) in [6.45, 7) is 1.28. The molecule has 1 aromatic heterocycles. The number of carbonyl (C=O) groups excluding carboxylic acids is 3. The number of sulfone groups is 1. The zero-order valence-corrected chi connectivity index (χ0v) is 15.5. The monoisotopic (exact) mass is 393 g/mol. The van der Waals surface area contributed by atoms with Crippen molar-refractivity contribution in [2.24, 2.45) is 0 Å². The van der Waals surface area contributed by atoms with E-state index in [2.05, 4.69) is 26.1 Å². The molecule has 0 radical (unpaired) electrons. The van der Waals surface area contributed by atoms with E-state index in [0.717, 1.165) is 6.26 Å². The van der Waals surface area contributed by atoms with Crippen molar-refractivity contribution in [2.75, 3.05) is 29.2 Å². The molecule has 0 fully saturated rings. The maximum atomic E-state index is 12.4. The van der Waals surface area contributed by atoms with Gasteiger partial charge in [0.05, 0.1) is 11.4 Å². The van der Waals surface area contributed by atoms with Gasteiger partial charge in [-0.05, 0) is 18.2 Å². The molecule has 1 aromatic carbocycles. The van der Waals surface area contributed by atoms with E-state index in [1.807, 2.05) is 0 Å². The smallest absolute Gasteiger partial charge is 0.273 e. The van der Waals surface area contributed by atoms with Crippen LogP contribution < -0.4 is 16.0 Å². The number of aromatic amines is 1. The second kappa shape index (κ2) is 8.45. The molecule has 2 rings (SSSR count). The lowest BCUT2D eigenvalue weighted by Crippen LogP contribution is -2.30. The number of hydrogen-bond acceptors (Lipinski definition) is 6. The summed E-state index contributed by atoms with van der Waals surface area (Å²) >= 11 is 0. The number of carbonyl (C=O) groups is 3. The highest BCUT2D eigenvalue weighted by Gasteiger charge is 2.18. The molecule has 0 aliphatic carbocycles. The lowest BCUT2D eigenvalue weighted by Gasteiger charge is -2.08. The van der Waals surface area contributed by atoms with Gasteiger partial charge in [-0.15, -0.1) is 0 Å². The van der Waals surface area contributed by atoms with E-state index >= 15 is 0 Å². The maximum absolute atomic E-state index is 12.4. The molecule has 27 heavy (non-hydrogen) atoms. The molecule has 0 saturated heterocycles. The zero-order chi connectivity index (χ0) is 20.0. The molecular weight excluding hydrogens is 374 g/mol. The van der Waals surface area contributed by atoms with Crippen LogP contribution in [0.4, 0.5) is 11.4 Å². The number of rotatable bonds is 7. The Balaban J connectivity index is 2.06. The van der Waals surface area contributed by atoms with Crippen molar-refractivity contribution in [3.8, 4) is 0 Å². The number of H-pyrrole nitrogens is 1. The first-order valence-corrected chi connectivity index (χ1v) is 9.90. The van der Waals surface area contributed by atoms with Gasteiger partial charge in [-0.2, -0.15) is 5.10 Å². The van der Waals surface area contributed by atoms with Crippen LogP contribution in [0.25, 0.3) is 0 Å². The number of nitrogens with one attached hydrogen (secondary N) is 4. The Labute approximate surface area is 155 Å². The average molecular weight is 393 g/mol. The molecule has 0 unspecified atom stereocenters. The minimum absolute atomic E-state index is 0.0727. The van der Waals surface area contributed by atoms with Gasteiger partial charge in [0.2, 0.25) is 5.91 Å². The minimum Gasteiger partial charge on any atom is -0.350 e. The SMILES string of the molecule is CC(=O)Nc1cccc(C(=O)Nc2c[nH]nc2C(=O)NCCS(C)(=O)=O)c1. The number of benzene rings is 1. The van der Waals surface area contributed by atoms with E-state index in [9.17, 15) is 22.8 Å². The van der Waals surface area contributed by atoms with Crippen LogP contribution in [0.1, 0.15) is 27.8 Å². The van der Waals surface area contributed by atoms with E-state index in [1.165, 1.54) is 19.2 Å². The third-order valence-electron chi connectivity index (χ3n) is 3.31. The van der Waals surface area contributed by atoms with Crippen molar-refractivity contribution in [3.63, 3.8) is 0 Å². The highest BCUT2D eigenvalue weighted by atomic mass is 32.2. The van der Waals surface area contributed by atoms with Crippen LogP contribution >= 0.6 is 0 Å². The first-order chi connectivity index (χ1) is 12.7. The predicted molar refractivity (Wildman–Crippen MR) is 99.3 cm³/mol. The first-order valence-electron chi connectivity index (χ1n) is 7.84. The highest BCUT2D eigenvalue weighted by molar-refractivity contribution is 7.90. The molecule has 0 bridgehead atoms. The molecular formula is C16H19N5O5S. The largest absolute Gasteiger partial charge is 0.350 e. The lowest BCUT2D eigenvalue weighted by molar-refractivity contribution is -0.114. The van der Waals surface area contributed by atoms with Crippen molar-refractivity contribution in [2.45, 2.75) is 6.92 Å². The summed E-state index contributed by atoms with van der Waals surface area (Å²) in [5, 5.41) is 13.8. The van der Waals surface area contributed by atoms with Crippen LogP contribution in [0.5, 0.6) is 0 Å². The summed E-state index contributed by atoms with van der Waals surface area (Å²) in [6, 6.07) is 6.28. The highest BCUT2D eigenvalue weighted by Crippen LogP contribution is 2.15. The van der Waals surface area contributed by atoms with Crippen LogP contribution in [0.15, 0.2) is 30.5 Å². The minimum atomic E-state index is -3.21. The van der Waals surface area contributed by atoms with Crippen molar-refractivity contribution in [3.05, 3.63) is 41.7 Å². The van der Waals surface area contributed by atoms with E-state index in [1.54, 1.807) is 18.2 Å². The summed E-state index contributed by atoms with van der Waals surface area (Å²) in [6.07, 6.45) is 2.40. The van der Waals surface area contributed by atoms with Crippen LogP contribution in [-0.4, -0.2) is 54.9 Å². The summed E-state index contributed by atoms with van der Waals surface area (Å²) in [5.74, 6) is -1.60. The van der Waals surface area contributed by atoms with Gasteiger partial charge in [0.25, 0.3) is 11.8 Å². The van der Waals surface area contributed by atoms with Gasteiger partial charge in [0.15, 0.2) is 5.69 Å². The molecule has 0 atom stereocenters. The Morgan fingerprint density at radius 1 is 1.15 bits per heavy atom. The Kier molecular flexibility index (Phi) is 6.29. The Morgan fingerprint density at radius 2 is 1.89 bits per heavy atom. The molecule has 0 saturated carbocycles. The summed E-state index contributed by atoms with van der Waals surface area (Å²) < 4.78 is 22.2. The zero-order valence-electron chi connectivity index (χ0n) is 14.7. The molecule has 0 spiro atoms. The molecule has 0 aliphatic heterocycles. The van der Waals surface area contributed by atoms with Gasteiger partial charge in [-0.3, -0.25) is 19.5 Å². The summed E-state index contributed by atoms with van der Waals surface area (Å²) in [5.41, 5.74) is 0.795. The normalized spacial score (nSPS) is 10.9. The molecule has 11 heteroatoms. The van der Waals surface area contributed by atoms with Crippen LogP contribution in [0.2, 0.25) is 0 Å². The molecule has 3 amide bonds. The topological polar surface area (TPSA) is 150 Å². The van der Waals surface area contributed by atoms with Crippen molar-refractivity contribution < 1.29 is 22.8 Å². The average Bonchev–Trinajstić information content (AvgIpc) is 3.01. The number of amides is 3. The summed E-state index contributed by atoms with van der Waals surface area (Å²) in [4.78, 5) is 35.6. The molecule has 0 aliphatic rings. The molecule has 1 heterocycles. The van der Waals surface area contributed by atoms with Crippen LogP contribution in [-0.2, 0) is 14.6 Å². The van der Waals surface area contributed by atoms with Gasteiger partial charge in [0, 0.05) is 37.2 Å². The van der Waals surface area contributed by atoms with Crippen LogP contribution in [0, 0.1) is 0 Å². The van der Waals surface area contributed by atoms with Gasteiger partial charge < -0.3 is 16.0 Å². The molecule has 2 aromatic rings. The van der Waals surface area contributed by atoms with E-state index < -0.39 is 21.7 Å². The predicted octanol–water partition coefficient (Wildman–Crippen LogP) is 0.395. The second-order valence-electron chi connectivity index (χ2n) is 5.75. The number of hydrogen-bond donors (Lipinski definition) is 4. The number of anilines is 2. The third kappa shape index (κ3) is 6.22. The standard InChI is InChI=1S/C16H19N5O5S/c1-10(22)19-12-5-3-4-11(8-12)15(23)20-13-9-18-21-14(13)16(24)17-6-7-27(2,25)26/h3-5,8-9H,6-7H2,1-2H3,(H,17,24)(H,18,21)(H,19,22)(H,20,23). The quantitative estimate of drug-likeness (QED) is 0.534. The van der Waals surface area contributed by atoms with Crippen molar-refractivity contribution in [1.29, 1.82) is 0 Å². The third-order valence-corrected chi connectivity index (χ3v) is 4.25. The summed E-state index contributed by atoms with van der Waals surface area (Å²) in [7, 11) is -3.21. The fourth-order valence-corrected chi connectivity index (χ4v) is 2.60. The molecule has 144 valence electrons. The van der Waals surface area contributed by atoms with Crippen molar-refractivity contribution in [1.82, 2.24) is 15.5 Å². The van der Waals surface area contributed by atoms with E-state index in [0.29, 0.717) is 5.69 Å². The van der Waals surface area contributed by atoms with Gasteiger partial charge in [-0.25, -0.2) is 8.42 Å². The number of nitrogens with zero attached hydrogens (tertiary/aromatic N) is 1. The molecule has 4 N–H and O–H groups in total. The second-order valence-corrected chi connectivity index (χ2v) is 8.01. The van der Waals surface area contributed by atoms with Crippen LogP contribution in [0.3, 0.4) is 0 Å². The fourth-order valence-electron chi connectivity index (χ4n) is 2.13. The number of aromatic nitrogens is 2. The Bertz CT molecular complexity index is 967. The van der Waals surface area contributed by atoms with Gasteiger partial charge in [-0.1, -0.05) is 6.07 Å².